The number of piperazine rings is 1. The van der Waals surface area contributed by atoms with Crippen molar-refractivity contribution in [2.75, 3.05) is 38.1 Å². The maximum atomic E-state index is 4.58. The molecule has 1 aliphatic rings. The van der Waals surface area contributed by atoms with E-state index in [9.17, 15) is 0 Å². The van der Waals surface area contributed by atoms with E-state index in [1.807, 2.05) is 13.0 Å². The molecule has 0 atom stereocenters. The fourth-order valence-electron chi connectivity index (χ4n) is 2.61. The highest BCUT2D eigenvalue weighted by Crippen LogP contribution is 2.22. The first-order valence-corrected chi connectivity index (χ1v) is 7.20. The number of aryl methyl sites for hydroxylation is 1. The number of anilines is 1. The summed E-state index contributed by atoms with van der Waals surface area (Å²) in [5, 5.41) is 0. The van der Waals surface area contributed by atoms with Crippen LogP contribution in [0.3, 0.4) is 0 Å². The Morgan fingerprint density at radius 3 is 2.25 bits per heavy atom. The number of rotatable bonds is 2. The number of nitrogens with zero attached hydrogens (tertiary/aromatic N) is 3. The van der Waals surface area contributed by atoms with E-state index < -0.39 is 0 Å². The number of aromatic nitrogens is 1. The van der Waals surface area contributed by atoms with Crippen LogP contribution in [0.2, 0.25) is 0 Å². The van der Waals surface area contributed by atoms with Crippen LogP contribution in [0.15, 0.2) is 42.5 Å². The van der Waals surface area contributed by atoms with Crippen LogP contribution in [0.1, 0.15) is 5.69 Å². The van der Waals surface area contributed by atoms with Gasteiger partial charge >= 0.3 is 0 Å². The number of hydrogen-bond donors (Lipinski definition) is 0. The molecule has 3 rings (SSSR count). The van der Waals surface area contributed by atoms with Crippen LogP contribution in [0.25, 0.3) is 11.3 Å². The smallest absolute Gasteiger partial charge is 0.0705 e. The van der Waals surface area contributed by atoms with Gasteiger partial charge in [-0.3, -0.25) is 4.98 Å². The highest BCUT2D eigenvalue weighted by molar-refractivity contribution is 5.63. The first-order valence-electron chi connectivity index (χ1n) is 7.20. The second kappa shape index (κ2) is 5.63. The van der Waals surface area contributed by atoms with Gasteiger partial charge in [0.25, 0.3) is 0 Å². The standard InChI is InChI=1S/C17H21N3/c1-14-4-3-5-17(18-14)15-6-8-16(9-7-15)20-12-10-19(2)11-13-20/h3-9H,10-13H2,1-2H3. The maximum absolute atomic E-state index is 4.58. The molecule has 0 saturated carbocycles. The van der Waals surface area contributed by atoms with Crippen LogP contribution in [0.5, 0.6) is 0 Å². The van der Waals surface area contributed by atoms with Gasteiger partial charge in [0.05, 0.1) is 5.69 Å². The van der Waals surface area contributed by atoms with Gasteiger partial charge in [-0.05, 0) is 38.2 Å². The van der Waals surface area contributed by atoms with Crippen LogP contribution < -0.4 is 4.90 Å². The van der Waals surface area contributed by atoms with Gasteiger partial charge in [0.1, 0.15) is 0 Å². The topological polar surface area (TPSA) is 19.4 Å². The Bertz CT molecular complexity index is 569. The zero-order chi connectivity index (χ0) is 13.9. The molecule has 0 unspecified atom stereocenters. The Balaban J connectivity index is 1.78. The van der Waals surface area contributed by atoms with Crippen molar-refractivity contribution in [1.29, 1.82) is 0 Å². The summed E-state index contributed by atoms with van der Waals surface area (Å²) in [6, 6.07) is 14.9. The van der Waals surface area contributed by atoms with Crippen molar-refractivity contribution in [2.24, 2.45) is 0 Å². The lowest BCUT2D eigenvalue weighted by Gasteiger charge is -2.34. The van der Waals surface area contributed by atoms with Crippen molar-refractivity contribution in [1.82, 2.24) is 9.88 Å². The Morgan fingerprint density at radius 1 is 0.900 bits per heavy atom. The van der Waals surface area contributed by atoms with Crippen LogP contribution in [0.4, 0.5) is 5.69 Å². The summed E-state index contributed by atoms with van der Waals surface area (Å²) < 4.78 is 0. The second-order valence-corrected chi connectivity index (χ2v) is 5.50. The lowest BCUT2D eigenvalue weighted by molar-refractivity contribution is 0.313. The van der Waals surface area contributed by atoms with Gasteiger partial charge in [0.2, 0.25) is 0 Å². The number of pyridine rings is 1. The summed E-state index contributed by atoms with van der Waals surface area (Å²) in [5.74, 6) is 0. The van der Waals surface area contributed by atoms with Crippen molar-refractivity contribution in [3.05, 3.63) is 48.2 Å². The summed E-state index contributed by atoms with van der Waals surface area (Å²) in [5.41, 5.74) is 4.61. The molecule has 3 nitrogen and oxygen atoms in total. The Morgan fingerprint density at radius 2 is 1.60 bits per heavy atom. The molecule has 1 aromatic heterocycles. The molecule has 1 aliphatic heterocycles. The summed E-state index contributed by atoms with van der Waals surface area (Å²) in [4.78, 5) is 9.40. The molecule has 0 spiro atoms. The van der Waals surface area contributed by atoms with E-state index in [4.69, 9.17) is 0 Å². The van der Waals surface area contributed by atoms with Crippen molar-refractivity contribution >= 4 is 5.69 Å². The lowest BCUT2D eigenvalue weighted by Crippen LogP contribution is -2.44. The van der Waals surface area contributed by atoms with E-state index in [-0.39, 0.29) is 0 Å². The largest absolute Gasteiger partial charge is 0.369 e. The third-order valence-electron chi connectivity index (χ3n) is 3.92. The van der Waals surface area contributed by atoms with Crippen LogP contribution >= 0.6 is 0 Å². The van der Waals surface area contributed by atoms with Gasteiger partial charge in [-0.15, -0.1) is 0 Å². The number of hydrogen-bond acceptors (Lipinski definition) is 3. The molecule has 1 fully saturated rings. The third-order valence-corrected chi connectivity index (χ3v) is 3.92. The van der Waals surface area contributed by atoms with E-state index >= 15 is 0 Å². The normalized spacial score (nSPS) is 16.4. The minimum Gasteiger partial charge on any atom is -0.369 e. The Kier molecular flexibility index (Phi) is 3.70. The maximum Gasteiger partial charge on any atom is 0.0705 e. The summed E-state index contributed by atoms with van der Waals surface area (Å²) >= 11 is 0. The zero-order valence-electron chi connectivity index (χ0n) is 12.2. The van der Waals surface area contributed by atoms with Gasteiger partial charge in [0.15, 0.2) is 0 Å². The Hall–Kier alpha value is -1.87. The molecule has 104 valence electrons. The van der Waals surface area contributed by atoms with Crippen LogP contribution in [0, 0.1) is 6.92 Å². The zero-order valence-corrected chi connectivity index (χ0v) is 12.2. The van der Waals surface area contributed by atoms with Gasteiger partial charge in [-0.25, -0.2) is 0 Å². The van der Waals surface area contributed by atoms with E-state index in [1.165, 1.54) is 11.3 Å². The molecule has 0 amide bonds. The van der Waals surface area contributed by atoms with Crippen molar-refractivity contribution in [3.63, 3.8) is 0 Å². The Labute approximate surface area is 120 Å². The minimum absolute atomic E-state index is 1.05. The highest BCUT2D eigenvalue weighted by Gasteiger charge is 2.14. The molecule has 2 aromatic rings. The summed E-state index contributed by atoms with van der Waals surface area (Å²) in [7, 11) is 2.18. The van der Waals surface area contributed by atoms with Gasteiger partial charge in [0, 0.05) is 43.1 Å². The fourth-order valence-corrected chi connectivity index (χ4v) is 2.61. The van der Waals surface area contributed by atoms with E-state index in [0.29, 0.717) is 0 Å². The summed E-state index contributed by atoms with van der Waals surface area (Å²) in [6.07, 6.45) is 0. The first-order chi connectivity index (χ1) is 9.72. The molecule has 20 heavy (non-hydrogen) atoms. The summed E-state index contributed by atoms with van der Waals surface area (Å²) in [6.45, 7) is 6.53. The van der Waals surface area contributed by atoms with E-state index in [2.05, 4.69) is 58.2 Å². The molecule has 0 aliphatic carbocycles. The lowest BCUT2D eigenvalue weighted by atomic mass is 10.1. The molecular weight excluding hydrogens is 246 g/mol. The van der Waals surface area contributed by atoms with Gasteiger partial charge in [-0.1, -0.05) is 18.2 Å². The predicted octanol–water partition coefficient (Wildman–Crippen LogP) is 2.81. The molecule has 0 N–H and O–H groups in total. The van der Waals surface area contributed by atoms with E-state index in [1.54, 1.807) is 0 Å². The van der Waals surface area contributed by atoms with Crippen LogP contribution in [-0.2, 0) is 0 Å². The molecular formula is C17H21N3. The highest BCUT2D eigenvalue weighted by atomic mass is 15.2. The molecule has 2 heterocycles. The molecule has 3 heteroatoms. The molecule has 1 saturated heterocycles. The van der Waals surface area contributed by atoms with Crippen molar-refractivity contribution in [2.45, 2.75) is 6.92 Å². The quantitative estimate of drug-likeness (QED) is 0.834. The SMILES string of the molecule is Cc1cccc(-c2ccc(N3CCN(C)CC3)cc2)n1. The monoisotopic (exact) mass is 267 g/mol. The molecule has 1 aromatic carbocycles. The molecule has 0 bridgehead atoms. The van der Waals surface area contributed by atoms with Crippen molar-refractivity contribution in [3.8, 4) is 11.3 Å². The fraction of sp³-hybridized carbons (Fsp3) is 0.353. The number of benzene rings is 1. The van der Waals surface area contributed by atoms with E-state index in [0.717, 1.165) is 37.6 Å². The van der Waals surface area contributed by atoms with Gasteiger partial charge < -0.3 is 9.80 Å². The van der Waals surface area contributed by atoms with Gasteiger partial charge in [-0.2, -0.15) is 0 Å². The van der Waals surface area contributed by atoms with Crippen molar-refractivity contribution < 1.29 is 0 Å². The second-order valence-electron chi connectivity index (χ2n) is 5.50. The minimum atomic E-state index is 1.05. The predicted molar refractivity (Wildman–Crippen MR) is 84.1 cm³/mol. The average Bonchev–Trinajstić information content (AvgIpc) is 2.48. The first kappa shape index (κ1) is 13.1. The van der Waals surface area contributed by atoms with Crippen LogP contribution in [-0.4, -0.2) is 43.1 Å². The average molecular weight is 267 g/mol. The number of likely N-dealkylation sites (N-methyl/N-ethyl adjacent to an activating group) is 1. The third kappa shape index (κ3) is 2.83. The molecule has 0 radical (unpaired) electrons.